The predicted molar refractivity (Wildman–Crippen MR) is 237 cm³/mol. The Morgan fingerprint density at radius 2 is 0.897 bits per heavy atom. The minimum Gasteiger partial charge on any atom is -0.456 e. The highest BCUT2D eigenvalue weighted by Gasteiger charge is 2.53. The van der Waals surface area contributed by atoms with E-state index in [4.69, 9.17) is 8.83 Å². The van der Waals surface area contributed by atoms with E-state index < -0.39 is 5.41 Å². The Hall–Kier alpha value is -7.62. The highest BCUT2D eigenvalue weighted by atomic mass is 16.3. The van der Waals surface area contributed by atoms with Gasteiger partial charge in [0.25, 0.3) is 0 Å². The molecule has 2 aliphatic rings. The maximum atomic E-state index is 6.51. The third-order valence-corrected chi connectivity index (χ3v) is 12.7. The van der Waals surface area contributed by atoms with E-state index in [0.29, 0.717) is 0 Å². The fraction of sp³-hybridized carbons (Fsp3) is 0.0182. The normalized spacial score (nSPS) is 15.0. The molecule has 270 valence electrons. The molecule has 11 aromatic rings. The average molecular weight is 740 g/mol. The molecule has 58 heavy (non-hydrogen) atoms. The van der Waals surface area contributed by atoms with Crippen molar-refractivity contribution in [2.75, 3.05) is 4.90 Å². The van der Waals surface area contributed by atoms with Crippen LogP contribution in [-0.4, -0.2) is 0 Å². The first-order valence-corrected chi connectivity index (χ1v) is 19.9. The first-order chi connectivity index (χ1) is 28.8. The minimum atomic E-state index is -0.534. The summed E-state index contributed by atoms with van der Waals surface area (Å²) in [4.78, 5) is 2.44. The fourth-order valence-electron chi connectivity index (χ4n) is 10.4. The van der Waals surface area contributed by atoms with E-state index in [-0.39, 0.29) is 0 Å². The van der Waals surface area contributed by atoms with Crippen molar-refractivity contribution in [3.8, 4) is 33.4 Å². The molecule has 3 heteroatoms. The molecule has 0 aliphatic heterocycles. The van der Waals surface area contributed by atoms with Gasteiger partial charge in [0.1, 0.15) is 22.3 Å². The van der Waals surface area contributed by atoms with E-state index in [0.717, 1.165) is 55.6 Å². The van der Waals surface area contributed by atoms with Crippen molar-refractivity contribution in [3.05, 3.63) is 222 Å². The number of hydrogen-bond donors (Lipinski definition) is 0. The highest BCUT2D eigenvalue weighted by molar-refractivity contribution is 6.16. The zero-order chi connectivity index (χ0) is 38.0. The summed E-state index contributed by atoms with van der Waals surface area (Å²) in [5, 5.41) is 4.53. The Morgan fingerprint density at radius 1 is 0.345 bits per heavy atom. The lowest BCUT2D eigenvalue weighted by atomic mass is 9.70. The maximum Gasteiger partial charge on any atom is 0.136 e. The number of hydrogen-bond acceptors (Lipinski definition) is 3. The van der Waals surface area contributed by atoms with Crippen molar-refractivity contribution in [1.29, 1.82) is 0 Å². The zero-order valence-electron chi connectivity index (χ0n) is 31.3. The first kappa shape index (κ1) is 31.6. The number of anilines is 3. The average Bonchev–Trinajstić information content (AvgIpc) is 4.02. The number of rotatable bonds is 4. The van der Waals surface area contributed by atoms with Crippen LogP contribution in [0.3, 0.4) is 0 Å². The highest BCUT2D eigenvalue weighted by Crippen LogP contribution is 2.66. The molecule has 0 N–H and O–H groups in total. The van der Waals surface area contributed by atoms with Gasteiger partial charge in [-0.15, -0.1) is 0 Å². The minimum absolute atomic E-state index is 0.534. The molecule has 0 bridgehead atoms. The van der Waals surface area contributed by atoms with Crippen LogP contribution in [0.1, 0.15) is 22.3 Å². The number of nitrogens with zero attached hydrogens (tertiary/aromatic N) is 1. The summed E-state index contributed by atoms with van der Waals surface area (Å²) in [6.07, 6.45) is 0. The van der Waals surface area contributed by atoms with Gasteiger partial charge in [0, 0.05) is 38.5 Å². The lowest BCUT2D eigenvalue weighted by molar-refractivity contribution is 0.668. The van der Waals surface area contributed by atoms with Gasteiger partial charge in [0.2, 0.25) is 0 Å². The largest absolute Gasteiger partial charge is 0.456 e. The Bertz CT molecular complexity index is 3460. The first-order valence-electron chi connectivity index (χ1n) is 19.9. The van der Waals surface area contributed by atoms with Crippen molar-refractivity contribution < 1.29 is 8.83 Å². The molecule has 0 saturated heterocycles. The van der Waals surface area contributed by atoms with Crippen molar-refractivity contribution >= 4 is 60.9 Å². The van der Waals surface area contributed by atoms with Gasteiger partial charge in [-0.1, -0.05) is 146 Å². The number of fused-ring (bicyclic) bond motifs is 17. The molecule has 13 rings (SSSR count). The van der Waals surface area contributed by atoms with Crippen LogP contribution in [0.4, 0.5) is 17.1 Å². The Labute approximate surface area is 334 Å². The van der Waals surface area contributed by atoms with Gasteiger partial charge in [-0.05, 0) is 105 Å². The van der Waals surface area contributed by atoms with E-state index in [1.54, 1.807) is 0 Å². The Kier molecular flexibility index (Phi) is 6.37. The summed E-state index contributed by atoms with van der Waals surface area (Å²) < 4.78 is 12.8. The zero-order valence-corrected chi connectivity index (χ0v) is 31.3. The van der Waals surface area contributed by atoms with Crippen LogP contribution in [0.15, 0.2) is 209 Å². The van der Waals surface area contributed by atoms with Gasteiger partial charge in [-0.3, -0.25) is 0 Å². The van der Waals surface area contributed by atoms with Crippen LogP contribution in [0.25, 0.3) is 77.3 Å². The second kappa shape index (κ2) is 11.7. The lowest BCUT2D eigenvalue weighted by Crippen LogP contribution is -2.26. The van der Waals surface area contributed by atoms with Gasteiger partial charge in [-0.2, -0.15) is 0 Å². The molecule has 0 radical (unpaired) electrons. The van der Waals surface area contributed by atoms with Gasteiger partial charge in [0.05, 0.1) is 11.1 Å². The third kappa shape index (κ3) is 4.12. The molecular weight excluding hydrogens is 707 g/mol. The summed E-state index contributed by atoms with van der Waals surface area (Å²) >= 11 is 0. The summed E-state index contributed by atoms with van der Waals surface area (Å²) in [6, 6.07) is 72.5. The van der Waals surface area contributed by atoms with E-state index in [1.807, 2.05) is 12.1 Å². The molecule has 0 saturated carbocycles. The molecule has 1 unspecified atom stereocenters. The molecule has 1 atom stereocenters. The van der Waals surface area contributed by atoms with E-state index in [1.165, 1.54) is 61.0 Å². The Morgan fingerprint density at radius 3 is 1.69 bits per heavy atom. The second-order valence-corrected chi connectivity index (χ2v) is 15.5. The van der Waals surface area contributed by atoms with Gasteiger partial charge in [-0.25, -0.2) is 0 Å². The third-order valence-electron chi connectivity index (χ3n) is 12.7. The van der Waals surface area contributed by atoms with E-state index >= 15 is 0 Å². The number of benzene rings is 9. The van der Waals surface area contributed by atoms with Crippen LogP contribution in [0.5, 0.6) is 0 Å². The fourth-order valence-corrected chi connectivity index (χ4v) is 10.4. The van der Waals surface area contributed by atoms with Gasteiger partial charge in [0.15, 0.2) is 0 Å². The van der Waals surface area contributed by atoms with Crippen LogP contribution < -0.4 is 4.90 Å². The molecule has 0 fully saturated rings. The van der Waals surface area contributed by atoms with Gasteiger partial charge >= 0.3 is 0 Å². The SMILES string of the molecule is c1ccc(-c2ccc(N(c3ccc4oc5ccccc5c4c3)c3cccc4c3-c3ccccc3C43c4ccccc4-c4c3ccc3oc5ccccc5c43)cc2)cc1. The van der Waals surface area contributed by atoms with E-state index in [9.17, 15) is 0 Å². The van der Waals surface area contributed by atoms with Gasteiger partial charge < -0.3 is 13.7 Å². The number of para-hydroxylation sites is 2. The van der Waals surface area contributed by atoms with E-state index in [2.05, 4.69) is 193 Å². The second-order valence-electron chi connectivity index (χ2n) is 15.5. The van der Waals surface area contributed by atoms with Crippen LogP contribution in [-0.2, 0) is 5.41 Å². The van der Waals surface area contributed by atoms with Crippen LogP contribution in [0, 0.1) is 0 Å². The van der Waals surface area contributed by atoms with Crippen LogP contribution in [0.2, 0.25) is 0 Å². The smallest absolute Gasteiger partial charge is 0.136 e. The summed E-state index contributed by atoms with van der Waals surface area (Å²) in [5.74, 6) is 0. The topological polar surface area (TPSA) is 29.5 Å². The molecular formula is C55H33NO2. The van der Waals surface area contributed by atoms with Crippen molar-refractivity contribution in [2.45, 2.75) is 5.41 Å². The molecule has 9 aromatic carbocycles. The standard InChI is InChI=1S/C55H33NO2/c1-2-13-34(14-3-1)35-25-27-36(28-26-35)56(37-29-31-50-42(33-37)38-15-6-10-23-48(38)57-50)47-22-12-21-45-52(47)39-16-4-8-19-43(39)55(45)44-20-9-5-17-40(44)53-46(55)30-32-51-54(53)41-18-7-11-24-49(41)58-51/h1-33H. The van der Waals surface area contributed by atoms with Crippen molar-refractivity contribution in [1.82, 2.24) is 0 Å². The lowest BCUT2D eigenvalue weighted by Gasteiger charge is -2.32. The van der Waals surface area contributed by atoms with Crippen molar-refractivity contribution in [2.24, 2.45) is 0 Å². The van der Waals surface area contributed by atoms with Crippen molar-refractivity contribution in [3.63, 3.8) is 0 Å². The molecule has 2 heterocycles. The molecule has 2 aromatic heterocycles. The molecule has 1 spiro atoms. The van der Waals surface area contributed by atoms with Crippen LogP contribution >= 0.6 is 0 Å². The summed E-state index contributed by atoms with van der Waals surface area (Å²) in [7, 11) is 0. The Balaban J connectivity index is 1.11. The molecule has 0 amide bonds. The monoisotopic (exact) mass is 739 g/mol. The number of furan rings is 2. The maximum absolute atomic E-state index is 6.51. The predicted octanol–water partition coefficient (Wildman–Crippen LogP) is 15.0. The summed E-state index contributed by atoms with van der Waals surface area (Å²) in [6.45, 7) is 0. The molecule has 2 aliphatic carbocycles. The molecule has 3 nitrogen and oxygen atoms in total. The summed E-state index contributed by atoms with van der Waals surface area (Å²) in [5.41, 5.74) is 18.9. The quantitative estimate of drug-likeness (QED) is 0.180.